The zero-order valence-electron chi connectivity index (χ0n) is 12.0. The number of hydrogen-bond acceptors (Lipinski definition) is 6. The standard InChI is InChI=1S/C15H10F3N5O/c16-15(17,18)10-2-1-3-11(6-10)24-14-20-7-9(8-21-14)12-4-5-13(19)23-22-12/h1-8H,(H2,19,23). The fourth-order valence-corrected chi connectivity index (χ4v) is 1.84. The van der Waals surface area contributed by atoms with Gasteiger partial charge in [0, 0.05) is 18.0 Å². The Balaban J connectivity index is 1.78. The van der Waals surface area contributed by atoms with E-state index in [0.29, 0.717) is 11.3 Å². The van der Waals surface area contributed by atoms with E-state index in [2.05, 4.69) is 20.2 Å². The molecule has 3 rings (SSSR count). The Morgan fingerprint density at radius 2 is 1.71 bits per heavy atom. The number of nitrogen functional groups attached to an aromatic ring is 1. The third kappa shape index (κ3) is 3.57. The molecule has 1 aromatic carbocycles. The Labute approximate surface area is 134 Å². The fraction of sp³-hybridized carbons (Fsp3) is 0.0667. The number of aromatic nitrogens is 4. The number of alkyl halides is 3. The summed E-state index contributed by atoms with van der Waals surface area (Å²) in [5.41, 5.74) is 5.72. The minimum absolute atomic E-state index is 0.00940. The van der Waals surface area contributed by atoms with E-state index in [0.717, 1.165) is 12.1 Å². The van der Waals surface area contributed by atoms with E-state index >= 15 is 0 Å². The van der Waals surface area contributed by atoms with Gasteiger partial charge in [0.2, 0.25) is 0 Å². The number of nitrogens with zero attached hydrogens (tertiary/aromatic N) is 4. The first-order valence-electron chi connectivity index (χ1n) is 6.68. The van der Waals surface area contributed by atoms with Crippen molar-refractivity contribution in [3.63, 3.8) is 0 Å². The molecule has 0 radical (unpaired) electrons. The second-order valence-electron chi connectivity index (χ2n) is 4.73. The van der Waals surface area contributed by atoms with Gasteiger partial charge in [0.15, 0.2) is 0 Å². The summed E-state index contributed by atoms with van der Waals surface area (Å²) in [6.45, 7) is 0. The molecule has 0 amide bonds. The number of halogens is 3. The van der Waals surface area contributed by atoms with E-state index in [1.165, 1.54) is 24.5 Å². The molecule has 0 spiro atoms. The van der Waals surface area contributed by atoms with Gasteiger partial charge in [-0.3, -0.25) is 0 Å². The highest BCUT2D eigenvalue weighted by Gasteiger charge is 2.30. The normalized spacial score (nSPS) is 11.3. The van der Waals surface area contributed by atoms with Crippen LogP contribution in [0.25, 0.3) is 11.3 Å². The van der Waals surface area contributed by atoms with Gasteiger partial charge in [-0.1, -0.05) is 6.07 Å². The highest BCUT2D eigenvalue weighted by atomic mass is 19.4. The molecule has 0 saturated heterocycles. The smallest absolute Gasteiger partial charge is 0.416 e. The van der Waals surface area contributed by atoms with E-state index < -0.39 is 11.7 Å². The topological polar surface area (TPSA) is 86.8 Å². The third-order valence-corrected chi connectivity index (χ3v) is 2.98. The number of benzene rings is 1. The molecule has 0 aliphatic carbocycles. The monoisotopic (exact) mass is 333 g/mol. The van der Waals surface area contributed by atoms with Gasteiger partial charge < -0.3 is 10.5 Å². The van der Waals surface area contributed by atoms with Crippen molar-refractivity contribution in [3.8, 4) is 23.0 Å². The molecule has 2 heterocycles. The second-order valence-corrected chi connectivity index (χ2v) is 4.73. The van der Waals surface area contributed by atoms with Gasteiger partial charge in [-0.25, -0.2) is 9.97 Å². The van der Waals surface area contributed by atoms with Crippen molar-refractivity contribution in [1.82, 2.24) is 20.2 Å². The summed E-state index contributed by atoms with van der Waals surface area (Å²) in [4.78, 5) is 7.90. The van der Waals surface area contributed by atoms with Crippen molar-refractivity contribution < 1.29 is 17.9 Å². The van der Waals surface area contributed by atoms with Crippen molar-refractivity contribution >= 4 is 5.82 Å². The molecule has 0 aliphatic rings. The zero-order chi connectivity index (χ0) is 17.2. The molecule has 0 saturated carbocycles. The first-order valence-corrected chi connectivity index (χ1v) is 6.68. The van der Waals surface area contributed by atoms with Crippen LogP contribution in [0.2, 0.25) is 0 Å². The maximum Gasteiger partial charge on any atom is 0.416 e. The minimum Gasteiger partial charge on any atom is -0.424 e. The average molecular weight is 333 g/mol. The van der Waals surface area contributed by atoms with Crippen molar-refractivity contribution in [2.45, 2.75) is 6.18 Å². The van der Waals surface area contributed by atoms with Crippen molar-refractivity contribution in [2.24, 2.45) is 0 Å². The number of hydrogen-bond donors (Lipinski definition) is 1. The van der Waals surface area contributed by atoms with Gasteiger partial charge in [-0.15, -0.1) is 10.2 Å². The quantitative estimate of drug-likeness (QED) is 0.791. The number of nitrogens with two attached hydrogens (primary N) is 1. The maximum atomic E-state index is 12.7. The number of rotatable bonds is 3. The van der Waals surface area contributed by atoms with E-state index in [1.54, 1.807) is 12.1 Å². The van der Waals surface area contributed by atoms with Crippen molar-refractivity contribution in [2.75, 3.05) is 5.73 Å². The molecular formula is C15H10F3N5O. The SMILES string of the molecule is Nc1ccc(-c2cnc(Oc3cccc(C(F)(F)F)c3)nc2)nn1. The van der Waals surface area contributed by atoms with Crippen LogP contribution in [0.5, 0.6) is 11.8 Å². The van der Waals surface area contributed by atoms with Gasteiger partial charge in [-0.2, -0.15) is 13.2 Å². The molecule has 0 unspecified atom stereocenters. The first kappa shape index (κ1) is 15.7. The molecule has 2 N–H and O–H groups in total. The minimum atomic E-state index is -4.45. The van der Waals surface area contributed by atoms with E-state index in [4.69, 9.17) is 10.5 Å². The molecule has 6 nitrogen and oxygen atoms in total. The zero-order valence-corrected chi connectivity index (χ0v) is 12.0. The van der Waals surface area contributed by atoms with Gasteiger partial charge in [0.1, 0.15) is 11.6 Å². The van der Waals surface area contributed by atoms with Gasteiger partial charge in [0.05, 0.1) is 11.3 Å². The summed E-state index contributed by atoms with van der Waals surface area (Å²) in [5, 5.41) is 7.59. The van der Waals surface area contributed by atoms with E-state index in [-0.39, 0.29) is 17.6 Å². The van der Waals surface area contributed by atoms with Crippen LogP contribution in [-0.2, 0) is 6.18 Å². The van der Waals surface area contributed by atoms with Crippen molar-refractivity contribution in [3.05, 3.63) is 54.4 Å². The summed E-state index contributed by atoms with van der Waals surface area (Å²) >= 11 is 0. The van der Waals surface area contributed by atoms with Crippen LogP contribution in [0.3, 0.4) is 0 Å². The molecule has 0 bridgehead atoms. The molecule has 2 aromatic heterocycles. The van der Waals surface area contributed by atoms with Crippen LogP contribution in [0.1, 0.15) is 5.56 Å². The first-order chi connectivity index (χ1) is 11.4. The van der Waals surface area contributed by atoms with Crippen LogP contribution in [0, 0.1) is 0 Å². The summed E-state index contributed by atoms with van der Waals surface area (Å²) in [5.74, 6) is 0.272. The number of anilines is 1. The maximum absolute atomic E-state index is 12.7. The molecule has 9 heteroatoms. The summed E-state index contributed by atoms with van der Waals surface area (Å²) in [6, 6.07) is 7.61. The van der Waals surface area contributed by atoms with Crippen molar-refractivity contribution in [1.29, 1.82) is 0 Å². The molecule has 24 heavy (non-hydrogen) atoms. The predicted octanol–water partition coefficient (Wildman–Crippen LogP) is 3.33. The molecular weight excluding hydrogens is 323 g/mol. The predicted molar refractivity (Wildman–Crippen MR) is 79.0 cm³/mol. The summed E-state index contributed by atoms with van der Waals surface area (Å²) in [6.07, 6.45) is -1.59. The lowest BCUT2D eigenvalue weighted by Crippen LogP contribution is -2.04. The van der Waals surface area contributed by atoms with Crippen LogP contribution < -0.4 is 10.5 Å². The Morgan fingerprint density at radius 1 is 0.958 bits per heavy atom. The fourth-order valence-electron chi connectivity index (χ4n) is 1.84. The summed E-state index contributed by atoms with van der Waals surface area (Å²) in [7, 11) is 0. The van der Waals surface area contributed by atoms with Gasteiger partial charge >= 0.3 is 12.2 Å². The Kier molecular flexibility index (Phi) is 3.98. The van der Waals surface area contributed by atoms with Gasteiger partial charge in [-0.05, 0) is 30.3 Å². The van der Waals surface area contributed by atoms with E-state index in [9.17, 15) is 13.2 Å². The molecule has 122 valence electrons. The molecule has 3 aromatic rings. The van der Waals surface area contributed by atoms with Crippen LogP contribution >= 0.6 is 0 Å². The Hall–Kier alpha value is -3.23. The largest absolute Gasteiger partial charge is 0.424 e. The average Bonchev–Trinajstić information content (AvgIpc) is 2.56. The van der Waals surface area contributed by atoms with Crippen LogP contribution in [-0.4, -0.2) is 20.2 Å². The lowest BCUT2D eigenvalue weighted by molar-refractivity contribution is -0.137. The van der Waals surface area contributed by atoms with Gasteiger partial charge in [0.25, 0.3) is 0 Å². The molecule has 0 atom stereocenters. The highest BCUT2D eigenvalue weighted by Crippen LogP contribution is 2.32. The second kappa shape index (κ2) is 6.11. The van der Waals surface area contributed by atoms with E-state index in [1.807, 2.05) is 0 Å². The van der Waals surface area contributed by atoms with Crippen LogP contribution in [0.4, 0.5) is 19.0 Å². The lowest BCUT2D eigenvalue weighted by atomic mass is 10.2. The Bertz CT molecular complexity index is 835. The number of ether oxygens (including phenoxy) is 1. The molecule has 0 aliphatic heterocycles. The lowest BCUT2D eigenvalue weighted by Gasteiger charge is -2.09. The van der Waals surface area contributed by atoms with Crippen LogP contribution in [0.15, 0.2) is 48.8 Å². The summed E-state index contributed by atoms with van der Waals surface area (Å²) < 4.78 is 43.2. The molecule has 0 fully saturated rings. The Morgan fingerprint density at radius 3 is 2.33 bits per heavy atom. The third-order valence-electron chi connectivity index (χ3n) is 2.98. The highest BCUT2D eigenvalue weighted by molar-refractivity contribution is 5.57.